The van der Waals surface area contributed by atoms with Crippen molar-refractivity contribution in [2.45, 2.75) is 19.3 Å². The van der Waals surface area contributed by atoms with E-state index in [-0.39, 0.29) is 12.4 Å². The number of benzene rings is 1. The fourth-order valence-electron chi connectivity index (χ4n) is 3.04. The second-order valence-corrected chi connectivity index (χ2v) is 6.01. The molecule has 0 unspecified atom stereocenters. The second-order valence-electron chi connectivity index (χ2n) is 6.01. The molecule has 0 spiro atoms. The molecule has 1 aliphatic rings. The first-order valence-corrected chi connectivity index (χ1v) is 8.17. The maximum Gasteiger partial charge on any atom is 0.416 e. The summed E-state index contributed by atoms with van der Waals surface area (Å²) in [5.74, 6) is 0.620. The van der Waals surface area contributed by atoms with Crippen LogP contribution in [0.25, 0.3) is 11.1 Å². The van der Waals surface area contributed by atoms with Crippen molar-refractivity contribution in [1.29, 1.82) is 0 Å². The summed E-state index contributed by atoms with van der Waals surface area (Å²) >= 11 is 0. The van der Waals surface area contributed by atoms with Gasteiger partial charge < -0.3 is 10.6 Å². The van der Waals surface area contributed by atoms with Crippen LogP contribution in [0.1, 0.15) is 11.3 Å². The highest BCUT2D eigenvalue weighted by molar-refractivity contribution is 5.85. The highest BCUT2D eigenvalue weighted by Crippen LogP contribution is 2.35. The van der Waals surface area contributed by atoms with Gasteiger partial charge >= 0.3 is 6.18 Å². The van der Waals surface area contributed by atoms with Gasteiger partial charge in [-0.1, -0.05) is 0 Å². The summed E-state index contributed by atoms with van der Waals surface area (Å²) in [6.07, 6.45) is -0.936. The van der Waals surface area contributed by atoms with Gasteiger partial charge in [0.15, 0.2) is 5.82 Å². The van der Waals surface area contributed by atoms with Crippen molar-refractivity contribution in [2.75, 3.05) is 11.9 Å². The van der Waals surface area contributed by atoms with Gasteiger partial charge in [0, 0.05) is 36.7 Å². The van der Waals surface area contributed by atoms with Gasteiger partial charge in [0.1, 0.15) is 0 Å². The van der Waals surface area contributed by atoms with Crippen LogP contribution < -0.4 is 10.6 Å². The van der Waals surface area contributed by atoms with Crippen molar-refractivity contribution < 1.29 is 13.2 Å². The van der Waals surface area contributed by atoms with Crippen LogP contribution in [-0.4, -0.2) is 21.3 Å². The number of anilines is 2. The molecule has 3 heterocycles. The zero-order valence-electron chi connectivity index (χ0n) is 14.1. The number of alkyl halides is 3. The maximum atomic E-state index is 12.7. The van der Waals surface area contributed by atoms with Crippen LogP contribution in [0.3, 0.4) is 0 Å². The molecule has 1 aliphatic heterocycles. The van der Waals surface area contributed by atoms with Gasteiger partial charge in [-0.3, -0.25) is 9.67 Å². The number of pyridine rings is 1. The fraction of sp³-hybridized carbons (Fsp3) is 0.222. The van der Waals surface area contributed by atoms with Crippen molar-refractivity contribution in [3.8, 4) is 11.1 Å². The number of fused-ring (bicyclic) bond motifs is 1. The highest BCUT2D eigenvalue weighted by Gasteiger charge is 2.30. The number of nitrogens with zero attached hydrogens (tertiary/aromatic N) is 3. The van der Waals surface area contributed by atoms with E-state index in [1.54, 1.807) is 12.4 Å². The van der Waals surface area contributed by atoms with Crippen molar-refractivity contribution >= 4 is 23.9 Å². The Kier molecular flexibility index (Phi) is 5.38. The summed E-state index contributed by atoms with van der Waals surface area (Å²) in [6.45, 7) is 2.24. The summed E-state index contributed by atoms with van der Waals surface area (Å²) < 4.78 is 40.1. The molecule has 5 nitrogen and oxygen atoms in total. The van der Waals surface area contributed by atoms with E-state index in [9.17, 15) is 13.2 Å². The van der Waals surface area contributed by atoms with Crippen molar-refractivity contribution in [2.24, 2.45) is 0 Å². The molecule has 0 fully saturated rings. The lowest BCUT2D eigenvalue weighted by Gasteiger charge is -2.16. The summed E-state index contributed by atoms with van der Waals surface area (Å²) in [5, 5.41) is 11.1. The Labute approximate surface area is 160 Å². The van der Waals surface area contributed by atoms with Crippen molar-refractivity contribution in [3.05, 3.63) is 60.0 Å². The number of nitrogens with one attached hydrogen (secondary N) is 2. The standard InChI is InChI=1S/C18H16F3N5.ClH/c19-18(20,21)13-1-3-14(4-2-13)24-17-16(12-5-7-22-8-6-12)15-11-23-9-10-26(15)25-17;/h1-8,23H,9-11H2,(H,24,25);1H. The number of aromatic nitrogens is 3. The monoisotopic (exact) mass is 395 g/mol. The second kappa shape index (κ2) is 7.58. The minimum absolute atomic E-state index is 0. The molecular formula is C18H17ClF3N5. The van der Waals surface area contributed by atoms with E-state index in [0.717, 1.165) is 42.0 Å². The molecule has 3 aromatic rings. The first-order chi connectivity index (χ1) is 12.5. The van der Waals surface area contributed by atoms with E-state index in [1.165, 1.54) is 12.1 Å². The Morgan fingerprint density at radius 3 is 2.41 bits per heavy atom. The van der Waals surface area contributed by atoms with Gasteiger partial charge in [-0.25, -0.2) is 0 Å². The molecule has 27 heavy (non-hydrogen) atoms. The minimum Gasteiger partial charge on any atom is -0.338 e. The molecule has 0 saturated heterocycles. The molecule has 9 heteroatoms. The summed E-state index contributed by atoms with van der Waals surface area (Å²) in [6, 6.07) is 8.73. The van der Waals surface area contributed by atoms with Crippen LogP contribution in [0.4, 0.5) is 24.7 Å². The first-order valence-electron chi connectivity index (χ1n) is 8.17. The molecule has 4 rings (SSSR count). The molecule has 2 aromatic heterocycles. The van der Waals surface area contributed by atoms with Gasteiger partial charge in [0.2, 0.25) is 0 Å². The van der Waals surface area contributed by atoms with E-state index in [1.807, 2.05) is 16.8 Å². The molecule has 0 bridgehead atoms. The molecule has 0 amide bonds. The van der Waals surface area contributed by atoms with Crippen LogP contribution in [0.15, 0.2) is 48.8 Å². The molecular weight excluding hydrogens is 379 g/mol. The summed E-state index contributed by atoms with van der Waals surface area (Å²) in [5.41, 5.74) is 2.80. The molecule has 0 aliphatic carbocycles. The Morgan fingerprint density at radius 1 is 1.04 bits per heavy atom. The van der Waals surface area contributed by atoms with E-state index >= 15 is 0 Å². The average Bonchev–Trinajstić information content (AvgIpc) is 3.00. The number of rotatable bonds is 3. The lowest BCUT2D eigenvalue weighted by Crippen LogP contribution is -2.28. The average molecular weight is 396 g/mol. The maximum absolute atomic E-state index is 12.7. The van der Waals surface area contributed by atoms with Crippen molar-refractivity contribution in [1.82, 2.24) is 20.1 Å². The van der Waals surface area contributed by atoms with Gasteiger partial charge in [0.25, 0.3) is 0 Å². The molecule has 1 aromatic carbocycles. The smallest absolute Gasteiger partial charge is 0.338 e. The van der Waals surface area contributed by atoms with Gasteiger partial charge in [-0.2, -0.15) is 18.3 Å². The van der Waals surface area contributed by atoms with Crippen LogP contribution in [0, 0.1) is 0 Å². The zero-order valence-corrected chi connectivity index (χ0v) is 14.9. The van der Waals surface area contributed by atoms with Crippen molar-refractivity contribution in [3.63, 3.8) is 0 Å². The Balaban J connectivity index is 0.00000210. The molecule has 0 radical (unpaired) electrons. The third kappa shape index (κ3) is 3.91. The Morgan fingerprint density at radius 2 is 1.74 bits per heavy atom. The van der Waals surface area contributed by atoms with Gasteiger partial charge in [-0.05, 0) is 42.0 Å². The third-order valence-corrected chi connectivity index (χ3v) is 4.29. The number of halogens is 4. The first kappa shape index (κ1) is 19.2. The largest absolute Gasteiger partial charge is 0.416 e. The predicted octanol–water partition coefficient (Wildman–Crippen LogP) is 4.23. The van der Waals surface area contributed by atoms with E-state index in [0.29, 0.717) is 18.1 Å². The molecule has 2 N–H and O–H groups in total. The van der Waals surface area contributed by atoms with Gasteiger partial charge in [-0.15, -0.1) is 12.4 Å². The molecule has 142 valence electrons. The molecule has 0 saturated carbocycles. The van der Waals surface area contributed by atoms with E-state index in [2.05, 4.69) is 20.7 Å². The summed E-state index contributed by atoms with van der Waals surface area (Å²) in [7, 11) is 0. The van der Waals surface area contributed by atoms with Crippen LogP contribution in [0.5, 0.6) is 0 Å². The van der Waals surface area contributed by atoms with Crippen LogP contribution in [-0.2, 0) is 19.3 Å². The minimum atomic E-state index is -4.35. The Hall–Kier alpha value is -2.58. The third-order valence-electron chi connectivity index (χ3n) is 4.29. The quantitative estimate of drug-likeness (QED) is 0.696. The normalized spacial score (nSPS) is 13.6. The van der Waals surface area contributed by atoms with Crippen LogP contribution in [0.2, 0.25) is 0 Å². The lowest BCUT2D eigenvalue weighted by atomic mass is 10.1. The predicted molar refractivity (Wildman–Crippen MR) is 99.1 cm³/mol. The zero-order chi connectivity index (χ0) is 18.1. The number of hydrogen-bond acceptors (Lipinski definition) is 4. The van der Waals surface area contributed by atoms with E-state index < -0.39 is 11.7 Å². The SMILES string of the molecule is Cl.FC(F)(F)c1ccc(Nc2nn3c(c2-c2ccncc2)CNCC3)cc1. The Bertz CT molecular complexity index is 907. The lowest BCUT2D eigenvalue weighted by molar-refractivity contribution is -0.137. The topological polar surface area (TPSA) is 54.8 Å². The summed E-state index contributed by atoms with van der Waals surface area (Å²) in [4.78, 5) is 4.04. The molecule has 0 atom stereocenters. The van der Waals surface area contributed by atoms with Crippen LogP contribution >= 0.6 is 12.4 Å². The van der Waals surface area contributed by atoms with E-state index in [4.69, 9.17) is 0 Å². The van der Waals surface area contributed by atoms with Gasteiger partial charge in [0.05, 0.1) is 17.8 Å². The fourth-order valence-corrected chi connectivity index (χ4v) is 3.04. The highest BCUT2D eigenvalue weighted by atomic mass is 35.5. The number of hydrogen-bond donors (Lipinski definition) is 2.